The third-order valence-corrected chi connectivity index (χ3v) is 4.83. The minimum absolute atomic E-state index is 0.111. The molecule has 1 heterocycles. The summed E-state index contributed by atoms with van der Waals surface area (Å²) in [5.41, 5.74) is 0.528. The van der Waals surface area contributed by atoms with Crippen LogP contribution in [-0.2, 0) is 0 Å². The zero-order valence-corrected chi connectivity index (χ0v) is 11.6. The maximum atomic E-state index is 12.0. The molecule has 1 aromatic rings. The van der Waals surface area contributed by atoms with Crippen molar-refractivity contribution >= 4 is 23.6 Å². The standard InChI is InChI=1S/C14H17NO3S/c1-14(6-3-7-19-14)9-15-12(16)10-4-2-5-11(8-10)13(17)18/h2,4-5,8H,3,6-7,9H2,1H3,(H,15,16)(H,17,18)/t14-/m1/s1. The molecule has 0 aliphatic carbocycles. The molecule has 0 aromatic heterocycles. The van der Waals surface area contributed by atoms with Gasteiger partial charge in [-0.1, -0.05) is 6.07 Å². The zero-order chi connectivity index (χ0) is 13.9. The Labute approximate surface area is 116 Å². The molecule has 2 N–H and O–H groups in total. The highest BCUT2D eigenvalue weighted by molar-refractivity contribution is 8.00. The van der Waals surface area contributed by atoms with Crippen LogP contribution in [-0.4, -0.2) is 34.0 Å². The van der Waals surface area contributed by atoms with E-state index < -0.39 is 5.97 Å². The Balaban J connectivity index is 1.99. The molecule has 1 aliphatic heterocycles. The topological polar surface area (TPSA) is 66.4 Å². The van der Waals surface area contributed by atoms with Crippen molar-refractivity contribution in [3.8, 4) is 0 Å². The third kappa shape index (κ3) is 3.50. The van der Waals surface area contributed by atoms with Crippen molar-refractivity contribution in [1.29, 1.82) is 0 Å². The van der Waals surface area contributed by atoms with Crippen LogP contribution in [0.2, 0.25) is 0 Å². The molecule has 0 unspecified atom stereocenters. The van der Waals surface area contributed by atoms with Crippen molar-refractivity contribution in [3.05, 3.63) is 35.4 Å². The molecule has 0 bridgehead atoms. The van der Waals surface area contributed by atoms with Crippen molar-refractivity contribution in [2.45, 2.75) is 24.5 Å². The van der Waals surface area contributed by atoms with Gasteiger partial charge in [0.1, 0.15) is 0 Å². The lowest BCUT2D eigenvalue weighted by Gasteiger charge is -2.22. The first-order valence-electron chi connectivity index (χ1n) is 6.26. The highest BCUT2D eigenvalue weighted by atomic mass is 32.2. The van der Waals surface area contributed by atoms with Gasteiger partial charge >= 0.3 is 5.97 Å². The molecule has 102 valence electrons. The van der Waals surface area contributed by atoms with Gasteiger partial charge in [0.2, 0.25) is 0 Å². The van der Waals surface area contributed by atoms with Gasteiger partial charge in [0.05, 0.1) is 5.56 Å². The number of carboxylic acid groups (broad SMARTS) is 1. The van der Waals surface area contributed by atoms with E-state index in [2.05, 4.69) is 12.2 Å². The Morgan fingerprint density at radius 2 is 2.16 bits per heavy atom. The molecule has 1 amide bonds. The Morgan fingerprint density at radius 3 is 2.79 bits per heavy atom. The third-order valence-electron chi connectivity index (χ3n) is 3.30. The monoisotopic (exact) mass is 279 g/mol. The van der Waals surface area contributed by atoms with Gasteiger partial charge in [-0.15, -0.1) is 0 Å². The van der Waals surface area contributed by atoms with Crippen molar-refractivity contribution in [2.24, 2.45) is 0 Å². The van der Waals surface area contributed by atoms with E-state index in [0.717, 1.165) is 12.2 Å². The molecule has 5 heteroatoms. The number of carboxylic acids is 1. The fraction of sp³-hybridized carbons (Fsp3) is 0.429. The fourth-order valence-electron chi connectivity index (χ4n) is 2.14. The number of benzene rings is 1. The van der Waals surface area contributed by atoms with Gasteiger partial charge < -0.3 is 10.4 Å². The number of carbonyl (C=O) groups is 2. The second-order valence-electron chi connectivity index (χ2n) is 4.97. The normalized spacial score (nSPS) is 22.2. The van der Waals surface area contributed by atoms with Crippen LogP contribution >= 0.6 is 11.8 Å². The maximum absolute atomic E-state index is 12.0. The molecule has 19 heavy (non-hydrogen) atoms. The summed E-state index contributed by atoms with van der Waals surface area (Å²) in [6.07, 6.45) is 2.29. The lowest BCUT2D eigenvalue weighted by atomic mass is 10.1. The first-order valence-corrected chi connectivity index (χ1v) is 7.24. The van der Waals surface area contributed by atoms with Crippen LogP contribution in [0.5, 0.6) is 0 Å². The summed E-state index contributed by atoms with van der Waals surface area (Å²) in [7, 11) is 0. The molecule has 1 aromatic carbocycles. The van der Waals surface area contributed by atoms with Gasteiger partial charge in [-0.3, -0.25) is 4.79 Å². The summed E-state index contributed by atoms with van der Waals surface area (Å²) in [5, 5.41) is 11.8. The first kappa shape index (κ1) is 13.9. The zero-order valence-electron chi connectivity index (χ0n) is 10.8. The number of hydrogen-bond donors (Lipinski definition) is 2. The molecule has 1 aliphatic rings. The van der Waals surface area contributed by atoms with Gasteiger partial charge in [-0.05, 0) is 43.7 Å². The SMILES string of the molecule is C[C@]1(CNC(=O)c2cccc(C(=O)O)c2)CCCS1. The summed E-state index contributed by atoms with van der Waals surface area (Å²) in [5.74, 6) is -0.0919. The van der Waals surface area contributed by atoms with E-state index in [1.165, 1.54) is 18.6 Å². The molecular formula is C14H17NO3S. The van der Waals surface area contributed by atoms with Gasteiger partial charge in [-0.25, -0.2) is 4.79 Å². The number of carbonyl (C=O) groups excluding carboxylic acids is 1. The number of nitrogens with one attached hydrogen (secondary N) is 1. The molecule has 1 atom stereocenters. The molecule has 0 spiro atoms. The first-order chi connectivity index (χ1) is 9.00. The van der Waals surface area contributed by atoms with Gasteiger partial charge in [-0.2, -0.15) is 11.8 Å². The highest BCUT2D eigenvalue weighted by Gasteiger charge is 2.29. The van der Waals surface area contributed by atoms with Gasteiger partial charge in [0.25, 0.3) is 5.91 Å². The smallest absolute Gasteiger partial charge is 0.335 e. The van der Waals surface area contributed by atoms with E-state index in [1.54, 1.807) is 12.1 Å². The van der Waals surface area contributed by atoms with E-state index in [9.17, 15) is 9.59 Å². The van der Waals surface area contributed by atoms with Crippen LogP contribution in [0.1, 0.15) is 40.5 Å². The Morgan fingerprint density at radius 1 is 1.42 bits per heavy atom. The predicted molar refractivity (Wildman–Crippen MR) is 75.8 cm³/mol. The van der Waals surface area contributed by atoms with E-state index in [1.807, 2.05) is 11.8 Å². The second-order valence-corrected chi connectivity index (χ2v) is 6.65. The molecule has 4 nitrogen and oxygen atoms in total. The number of rotatable bonds is 4. The van der Waals surface area contributed by atoms with Crippen molar-refractivity contribution in [3.63, 3.8) is 0 Å². The van der Waals surface area contributed by atoms with Crippen molar-refractivity contribution in [2.75, 3.05) is 12.3 Å². The minimum Gasteiger partial charge on any atom is -0.478 e. The lowest BCUT2D eigenvalue weighted by molar-refractivity contribution is 0.0697. The van der Waals surface area contributed by atoms with E-state index in [0.29, 0.717) is 12.1 Å². The summed E-state index contributed by atoms with van der Waals surface area (Å²) >= 11 is 1.88. The van der Waals surface area contributed by atoms with Crippen molar-refractivity contribution < 1.29 is 14.7 Å². The van der Waals surface area contributed by atoms with Crippen LogP contribution in [0.25, 0.3) is 0 Å². The van der Waals surface area contributed by atoms with Crippen LogP contribution < -0.4 is 5.32 Å². The Hall–Kier alpha value is -1.49. The largest absolute Gasteiger partial charge is 0.478 e. The second kappa shape index (κ2) is 5.65. The average molecular weight is 279 g/mol. The number of hydrogen-bond acceptors (Lipinski definition) is 3. The molecule has 1 saturated heterocycles. The predicted octanol–water partition coefficient (Wildman–Crippen LogP) is 2.40. The van der Waals surface area contributed by atoms with E-state index >= 15 is 0 Å². The lowest BCUT2D eigenvalue weighted by Crippen LogP contribution is -2.36. The van der Waals surface area contributed by atoms with Crippen LogP contribution in [0.3, 0.4) is 0 Å². The minimum atomic E-state index is -1.02. The summed E-state index contributed by atoms with van der Waals surface area (Å²) in [6.45, 7) is 2.77. The summed E-state index contributed by atoms with van der Waals surface area (Å²) in [6, 6.07) is 6.10. The maximum Gasteiger partial charge on any atom is 0.335 e. The van der Waals surface area contributed by atoms with E-state index in [4.69, 9.17) is 5.11 Å². The summed E-state index contributed by atoms with van der Waals surface area (Å²) in [4.78, 5) is 22.9. The quantitative estimate of drug-likeness (QED) is 0.888. The average Bonchev–Trinajstić information content (AvgIpc) is 2.83. The van der Waals surface area contributed by atoms with E-state index in [-0.39, 0.29) is 16.2 Å². The molecule has 0 saturated carbocycles. The number of amides is 1. The molecule has 1 fully saturated rings. The van der Waals surface area contributed by atoms with Crippen LogP contribution in [0, 0.1) is 0 Å². The summed E-state index contributed by atoms with van der Waals surface area (Å²) < 4.78 is 0.111. The fourth-order valence-corrected chi connectivity index (χ4v) is 3.38. The van der Waals surface area contributed by atoms with Gasteiger partial charge in [0, 0.05) is 16.9 Å². The Kier molecular flexibility index (Phi) is 4.14. The number of thioether (sulfide) groups is 1. The molecule has 0 radical (unpaired) electrons. The highest BCUT2D eigenvalue weighted by Crippen LogP contribution is 2.36. The van der Waals surface area contributed by atoms with Crippen molar-refractivity contribution in [1.82, 2.24) is 5.32 Å². The molecular weight excluding hydrogens is 262 g/mol. The Bertz CT molecular complexity index is 495. The molecule has 2 rings (SSSR count). The van der Waals surface area contributed by atoms with Gasteiger partial charge in [0.15, 0.2) is 0 Å². The van der Waals surface area contributed by atoms with Crippen LogP contribution in [0.15, 0.2) is 24.3 Å². The van der Waals surface area contributed by atoms with Crippen LogP contribution in [0.4, 0.5) is 0 Å². The number of aromatic carboxylic acids is 1.